The largest absolute Gasteiger partial charge is 0.348 e. The van der Waals surface area contributed by atoms with Crippen LogP contribution < -0.4 is 5.32 Å². The molecule has 0 saturated carbocycles. The molecule has 0 spiro atoms. The van der Waals surface area contributed by atoms with Gasteiger partial charge in [0.2, 0.25) is 5.91 Å². The van der Waals surface area contributed by atoms with Crippen molar-refractivity contribution in [2.45, 2.75) is 6.42 Å². The molecule has 1 aromatic carbocycles. The van der Waals surface area contributed by atoms with Gasteiger partial charge in [0, 0.05) is 12.1 Å². The summed E-state index contributed by atoms with van der Waals surface area (Å²) < 4.78 is 0. The van der Waals surface area contributed by atoms with Crippen LogP contribution in [0.1, 0.15) is 5.56 Å². The average Bonchev–Trinajstić information content (AvgIpc) is 2.60. The van der Waals surface area contributed by atoms with Gasteiger partial charge < -0.3 is 10.7 Å². The van der Waals surface area contributed by atoms with Crippen LogP contribution in [-0.2, 0) is 16.0 Å². The van der Waals surface area contributed by atoms with Crippen LogP contribution >= 0.6 is 0 Å². The predicted molar refractivity (Wildman–Crippen MR) is 59.4 cm³/mol. The smallest absolute Gasteiger partial charge is 0.236 e. The number of carbonyl (C=O) groups excluding carboxylic acids is 2. The molecule has 4 heteroatoms. The van der Waals surface area contributed by atoms with Gasteiger partial charge in [0.25, 0.3) is 0 Å². The van der Waals surface area contributed by atoms with Crippen LogP contribution in [0.2, 0.25) is 0 Å². The molecule has 0 radical (unpaired) electrons. The molecule has 16 heavy (non-hydrogen) atoms. The van der Waals surface area contributed by atoms with Crippen molar-refractivity contribution in [1.29, 1.82) is 5.41 Å². The van der Waals surface area contributed by atoms with Crippen LogP contribution in [0.3, 0.4) is 0 Å². The van der Waals surface area contributed by atoms with E-state index in [0.29, 0.717) is 6.42 Å². The molecule has 1 aliphatic heterocycles. The summed E-state index contributed by atoms with van der Waals surface area (Å²) in [7, 11) is 0. The monoisotopic (exact) mass is 216 g/mol. The van der Waals surface area contributed by atoms with Gasteiger partial charge in [0.05, 0.1) is 6.54 Å². The van der Waals surface area contributed by atoms with Crippen LogP contribution in [0.5, 0.6) is 0 Å². The maximum Gasteiger partial charge on any atom is 0.236 e. The highest BCUT2D eigenvalue weighted by Crippen LogP contribution is 2.11. The summed E-state index contributed by atoms with van der Waals surface area (Å²) in [6.45, 7) is 0.0562. The van der Waals surface area contributed by atoms with Gasteiger partial charge in [-0.1, -0.05) is 30.3 Å². The molecule has 0 bridgehead atoms. The SMILES string of the molecule is N=C(Cc1ccccc1)C1C(=O)CNC1=O. The Morgan fingerprint density at radius 2 is 2.00 bits per heavy atom. The van der Waals surface area contributed by atoms with Crippen molar-refractivity contribution >= 4 is 17.4 Å². The molecule has 1 saturated heterocycles. The van der Waals surface area contributed by atoms with Crippen LogP contribution in [-0.4, -0.2) is 23.9 Å². The highest BCUT2D eigenvalue weighted by Gasteiger charge is 2.35. The van der Waals surface area contributed by atoms with Crippen LogP contribution in [0.25, 0.3) is 0 Å². The zero-order chi connectivity index (χ0) is 11.5. The number of rotatable bonds is 3. The Hall–Kier alpha value is -1.97. The van der Waals surface area contributed by atoms with Gasteiger partial charge >= 0.3 is 0 Å². The number of amides is 1. The number of hydrogen-bond donors (Lipinski definition) is 2. The molecule has 1 amide bonds. The summed E-state index contributed by atoms with van der Waals surface area (Å²) in [6.07, 6.45) is 0.352. The lowest BCUT2D eigenvalue weighted by atomic mass is 9.95. The van der Waals surface area contributed by atoms with Crippen molar-refractivity contribution in [1.82, 2.24) is 5.32 Å². The van der Waals surface area contributed by atoms with Crippen molar-refractivity contribution in [2.75, 3.05) is 6.54 Å². The van der Waals surface area contributed by atoms with E-state index < -0.39 is 5.92 Å². The van der Waals surface area contributed by atoms with Crippen molar-refractivity contribution in [2.24, 2.45) is 5.92 Å². The lowest BCUT2D eigenvalue weighted by molar-refractivity contribution is -0.124. The Labute approximate surface area is 93.2 Å². The molecular weight excluding hydrogens is 204 g/mol. The molecule has 1 heterocycles. The molecule has 82 valence electrons. The molecule has 1 atom stereocenters. The molecule has 2 rings (SSSR count). The van der Waals surface area contributed by atoms with E-state index in [1.807, 2.05) is 30.3 Å². The van der Waals surface area contributed by atoms with Crippen molar-refractivity contribution in [3.05, 3.63) is 35.9 Å². The second kappa shape index (κ2) is 4.26. The van der Waals surface area contributed by atoms with Crippen molar-refractivity contribution < 1.29 is 9.59 Å². The Morgan fingerprint density at radius 3 is 2.56 bits per heavy atom. The quantitative estimate of drug-likeness (QED) is 0.572. The molecule has 0 aromatic heterocycles. The summed E-state index contributed by atoms with van der Waals surface area (Å²) >= 11 is 0. The van der Waals surface area contributed by atoms with E-state index in [4.69, 9.17) is 5.41 Å². The standard InChI is InChI=1S/C12H12N2O2/c13-9(6-8-4-2-1-3-5-8)11-10(15)7-14-12(11)16/h1-5,11,13H,6-7H2,(H,14,16). The maximum atomic E-state index is 11.4. The third-order valence-electron chi connectivity index (χ3n) is 2.61. The topological polar surface area (TPSA) is 70.0 Å². The lowest BCUT2D eigenvalue weighted by Gasteiger charge is -2.07. The maximum absolute atomic E-state index is 11.4. The Morgan fingerprint density at radius 1 is 1.31 bits per heavy atom. The minimum absolute atomic E-state index is 0.0562. The zero-order valence-electron chi connectivity index (χ0n) is 8.69. The van der Waals surface area contributed by atoms with Crippen LogP contribution in [0.15, 0.2) is 30.3 Å². The van der Waals surface area contributed by atoms with E-state index in [2.05, 4.69) is 5.32 Å². The first-order chi connectivity index (χ1) is 7.68. The number of nitrogens with one attached hydrogen (secondary N) is 2. The van der Waals surface area contributed by atoms with E-state index in [0.717, 1.165) is 5.56 Å². The lowest BCUT2D eigenvalue weighted by Crippen LogP contribution is -2.28. The third kappa shape index (κ3) is 2.00. The highest BCUT2D eigenvalue weighted by molar-refractivity contribution is 6.24. The minimum Gasteiger partial charge on any atom is -0.348 e. The summed E-state index contributed by atoms with van der Waals surface area (Å²) in [5.74, 6) is -1.42. The molecule has 1 fully saturated rings. The van der Waals surface area contributed by atoms with Gasteiger partial charge in [0.15, 0.2) is 5.78 Å². The fraction of sp³-hybridized carbons (Fsp3) is 0.250. The third-order valence-corrected chi connectivity index (χ3v) is 2.61. The van der Waals surface area contributed by atoms with Crippen molar-refractivity contribution in [3.63, 3.8) is 0 Å². The van der Waals surface area contributed by atoms with E-state index in [1.165, 1.54) is 0 Å². The van der Waals surface area contributed by atoms with Gasteiger partial charge in [-0.15, -0.1) is 0 Å². The van der Waals surface area contributed by atoms with E-state index in [9.17, 15) is 9.59 Å². The molecule has 0 aliphatic carbocycles. The van der Waals surface area contributed by atoms with Gasteiger partial charge in [-0.3, -0.25) is 9.59 Å². The van der Waals surface area contributed by atoms with Crippen molar-refractivity contribution in [3.8, 4) is 0 Å². The summed E-state index contributed by atoms with van der Waals surface area (Å²) in [5, 5.41) is 10.3. The first-order valence-electron chi connectivity index (χ1n) is 5.10. The van der Waals surface area contributed by atoms with Crippen LogP contribution in [0.4, 0.5) is 0 Å². The first kappa shape index (κ1) is 10.5. The Bertz CT molecular complexity index is 424. The highest BCUT2D eigenvalue weighted by atomic mass is 16.2. The molecular formula is C12H12N2O2. The van der Waals surface area contributed by atoms with Crippen LogP contribution in [0, 0.1) is 11.3 Å². The Kier molecular flexibility index (Phi) is 2.81. The molecule has 1 unspecified atom stereocenters. The van der Waals surface area contributed by atoms with Gasteiger partial charge in [-0.25, -0.2) is 0 Å². The number of carbonyl (C=O) groups is 2. The zero-order valence-corrected chi connectivity index (χ0v) is 8.69. The van der Waals surface area contributed by atoms with Gasteiger partial charge in [0.1, 0.15) is 5.92 Å². The summed E-state index contributed by atoms with van der Waals surface area (Å²) in [6, 6.07) is 9.40. The number of benzene rings is 1. The number of hydrogen-bond acceptors (Lipinski definition) is 3. The molecule has 1 aliphatic rings. The fourth-order valence-corrected chi connectivity index (χ4v) is 1.79. The molecule has 1 aromatic rings. The average molecular weight is 216 g/mol. The normalized spacial score (nSPS) is 19.6. The fourth-order valence-electron chi connectivity index (χ4n) is 1.79. The second-order valence-corrected chi connectivity index (χ2v) is 3.80. The summed E-state index contributed by atoms with van der Waals surface area (Å²) in [5.41, 5.74) is 1.12. The van der Waals surface area contributed by atoms with E-state index in [-0.39, 0.29) is 23.9 Å². The van der Waals surface area contributed by atoms with Gasteiger partial charge in [-0.05, 0) is 5.56 Å². The van der Waals surface area contributed by atoms with Gasteiger partial charge in [-0.2, -0.15) is 0 Å². The number of ketones is 1. The molecule has 2 N–H and O–H groups in total. The molecule has 4 nitrogen and oxygen atoms in total. The summed E-state index contributed by atoms with van der Waals surface area (Å²) in [4.78, 5) is 22.7. The number of Topliss-reactive ketones (excluding diaryl/α,β-unsaturated/α-hetero) is 1. The Balaban J connectivity index is 2.09. The van der Waals surface area contributed by atoms with E-state index in [1.54, 1.807) is 0 Å². The van der Waals surface area contributed by atoms with E-state index >= 15 is 0 Å². The second-order valence-electron chi connectivity index (χ2n) is 3.80. The minimum atomic E-state index is -0.875. The first-order valence-corrected chi connectivity index (χ1v) is 5.10. The predicted octanol–water partition coefficient (Wildman–Crippen LogP) is 0.564.